The van der Waals surface area contributed by atoms with Gasteiger partial charge in [-0.3, -0.25) is 9.36 Å². The summed E-state index contributed by atoms with van der Waals surface area (Å²) in [6, 6.07) is 13.7. The van der Waals surface area contributed by atoms with Crippen LogP contribution in [0.15, 0.2) is 79.0 Å². The van der Waals surface area contributed by atoms with Crippen molar-refractivity contribution in [2.45, 2.75) is 19.9 Å². The lowest BCUT2D eigenvalue weighted by molar-refractivity contribution is -0.136. The molecule has 0 saturated carbocycles. The molecule has 8 nitrogen and oxygen atoms in total. The van der Waals surface area contributed by atoms with Crippen molar-refractivity contribution in [3.63, 3.8) is 0 Å². The highest BCUT2D eigenvalue weighted by Gasteiger charge is 2.31. The van der Waals surface area contributed by atoms with Crippen molar-refractivity contribution in [3.05, 3.63) is 101 Å². The standard InChI is InChI=1S/C29H24BrClN2O6S/c1-4-37-23-10-7-17(13-24(23)38-5-2)26-19(28(35)36-3)15-32-29-33(26)27(34)25(40-29)14-18-8-11-22(39-18)16-6-9-20(30)21(31)12-16/h6-15,26H,4-5H2,1-3H3/b25-14-/t26-/m1/s1. The predicted octanol–water partition coefficient (Wildman–Crippen LogP) is 5.49. The number of hydrogen-bond donors (Lipinski definition) is 0. The average molecular weight is 644 g/mol. The quantitative estimate of drug-likeness (QED) is 0.236. The molecule has 11 heteroatoms. The summed E-state index contributed by atoms with van der Waals surface area (Å²) < 4.78 is 25.2. The Morgan fingerprint density at radius 3 is 2.62 bits per heavy atom. The van der Waals surface area contributed by atoms with Gasteiger partial charge in [-0.25, -0.2) is 9.79 Å². The van der Waals surface area contributed by atoms with Crippen LogP contribution >= 0.6 is 38.9 Å². The summed E-state index contributed by atoms with van der Waals surface area (Å²) >= 11 is 10.8. The highest BCUT2D eigenvalue weighted by molar-refractivity contribution is 9.10. The van der Waals surface area contributed by atoms with E-state index >= 15 is 0 Å². The topological polar surface area (TPSA) is 92.3 Å². The summed E-state index contributed by atoms with van der Waals surface area (Å²) in [4.78, 5) is 31.4. The molecule has 2 aromatic heterocycles. The first-order valence-corrected chi connectivity index (χ1v) is 14.4. The molecule has 4 aromatic rings. The summed E-state index contributed by atoms with van der Waals surface area (Å²) in [5.41, 5.74) is 1.36. The number of halogens is 2. The van der Waals surface area contributed by atoms with Crippen LogP contribution in [-0.2, 0) is 9.53 Å². The highest BCUT2D eigenvalue weighted by atomic mass is 79.9. The Bertz CT molecular complexity index is 1810. The smallest absolute Gasteiger partial charge is 0.337 e. The maximum Gasteiger partial charge on any atom is 0.337 e. The van der Waals surface area contributed by atoms with Crippen molar-refractivity contribution >= 4 is 50.9 Å². The first-order chi connectivity index (χ1) is 19.3. The number of furan rings is 1. The number of rotatable bonds is 8. The molecule has 0 bridgehead atoms. The van der Waals surface area contributed by atoms with E-state index in [9.17, 15) is 9.59 Å². The zero-order valence-electron chi connectivity index (χ0n) is 21.8. The Balaban J connectivity index is 1.60. The van der Waals surface area contributed by atoms with Gasteiger partial charge < -0.3 is 18.6 Å². The summed E-state index contributed by atoms with van der Waals surface area (Å²) in [5.74, 6) is 1.60. The van der Waals surface area contributed by atoms with Crippen LogP contribution in [0.25, 0.3) is 17.4 Å². The monoisotopic (exact) mass is 642 g/mol. The number of ether oxygens (including phenoxy) is 3. The molecule has 1 aliphatic rings. The van der Waals surface area contributed by atoms with Crippen molar-refractivity contribution in [1.29, 1.82) is 0 Å². The second-order valence-electron chi connectivity index (χ2n) is 8.58. The molecule has 2 aromatic carbocycles. The van der Waals surface area contributed by atoms with Gasteiger partial charge in [0.1, 0.15) is 11.5 Å². The van der Waals surface area contributed by atoms with Gasteiger partial charge in [-0.05, 0) is 71.7 Å². The van der Waals surface area contributed by atoms with E-state index in [0.29, 0.717) is 56.2 Å². The number of methoxy groups -OCH3 is 1. The van der Waals surface area contributed by atoms with Crippen LogP contribution < -0.4 is 24.4 Å². The fourth-order valence-corrected chi connectivity index (χ4v) is 5.73. The van der Waals surface area contributed by atoms with Gasteiger partial charge in [0.25, 0.3) is 5.56 Å². The van der Waals surface area contributed by atoms with Gasteiger partial charge in [0.05, 0.1) is 41.5 Å². The van der Waals surface area contributed by atoms with E-state index in [2.05, 4.69) is 20.9 Å². The zero-order chi connectivity index (χ0) is 28.4. The lowest BCUT2D eigenvalue weighted by Gasteiger charge is -2.23. The molecule has 1 aliphatic heterocycles. The van der Waals surface area contributed by atoms with Gasteiger partial charge in [0.2, 0.25) is 0 Å². The first-order valence-electron chi connectivity index (χ1n) is 12.4. The maximum absolute atomic E-state index is 13.8. The summed E-state index contributed by atoms with van der Waals surface area (Å²) in [5, 5.41) is 0.562. The van der Waals surface area contributed by atoms with Crippen LogP contribution in [0.1, 0.15) is 31.2 Å². The molecule has 0 radical (unpaired) electrons. The summed E-state index contributed by atoms with van der Waals surface area (Å²) in [7, 11) is 1.29. The highest BCUT2D eigenvalue weighted by Crippen LogP contribution is 2.35. The Morgan fingerprint density at radius 1 is 1.12 bits per heavy atom. The lowest BCUT2D eigenvalue weighted by atomic mass is 9.97. The number of thiazole rings is 1. The van der Waals surface area contributed by atoms with Crippen LogP contribution in [0.4, 0.5) is 0 Å². The molecule has 0 N–H and O–H groups in total. The first kappa shape index (κ1) is 27.9. The van der Waals surface area contributed by atoms with E-state index in [1.165, 1.54) is 29.2 Å². The Labute approximate surface area is 246 Å². The SMILES string of the molecule is CCOc1ccc([C@@H]2C(C(=O)OC)=CN=c3s/c(=C\c4ccc(-c5ccc(Br)c(Cl)c5)o4)c(=O)n32)cc1OCC. The number of aromatic nitrogens is 1. The minimum absolute atomic E-state index is 0.223. The number of fused-ring (bicyclic) bond motifs is 1. The van der Waals surface area contributed by atoms with E-state index in [1.807, 2.05) is 32.0 Å². The number of nitrogens with zero attached hydrogens (tertiary/aromatic N) is 2. The largest absolute Gasteiger partial charge is 0.490 e. The minimum atomic E-state index is -0.780. The Kier molecular flexibility index (Phi) is 8.30. The maximum atomic E-state index is 13.8. The Morgan fingerprint density at radius 2 is 1.90 bits per heavy atom. The number of carbonyl (C=O) groups excluding carboxylic acids is 1. The molecule has 0 saturated heterocycles. The van der Waals surface area contributed by atoms with Gasteiger partial charge in [-0.1, -0.05) is 35.1 Å². The molecule has 1 atom stereocenters. The van der Waals surface area contributed by atoms with Crippen LogP contribution in [-0.4, -0.2) is 30.9 Å². The van der Waals surface area contributed by atoms with Gasteiger partial charge in [0, 0.05) is 22.3 Å². The van der Waals surface area contributed by atoms with Gasteiger partial charge >= 0.3 is 5.97 Å². The molecule has 0 unspecified atom stereocenters. The average Bonchev–Trinajstić information content (AvgIpc) is 3.55. The zero-order valence-corrected chi connectivity index (χ0v) is 24.9. The van der Waals surface area contributed by atoms with E-state index in [0.717, 1.165) is 10.0 Å². The number of benzene rings is 2. The molecule has 0 spiro atoms. The fraction of sp³-hybridized carbons (Fsp3) is 0.207. The number of hydrogen-bond acceptors (Lipinski definition) is 8. The van der Waals surface area contributed by atoms with Gasteiger partial charge in [0.15, 0.2) is 16.3 Å². The van der Waals surface area contributed by atoms with Crippen LogP contribution in [0.2, 0.25) is 5.02 Å². The molecule has 3 heterocycles. The van der Waals surface area contributed by atoms with Crippen LogP contribution in [0.5, 0.6) is 11.5 Å². The molecular weight excluding hydrogens is 620 g/mol. The number of esters is 1. The van der Waals surface area contributed by atoms with Gasteiger partial charge in [-0.15, -0.1) is 0 Å². The Hall–Kier alpha value is -3.60. The molecule has 0 amide bonds. The molecular formula is C29H24BrClN2O6S. The van der Waals surface area contributed by atoms with E-state index in [1.54, 1.807) is 36.4 Å². The van der Waals surface area contributed by atoms with Crippen molar-refractivity contribution in [3.8, 4) is 22.8 Å². The number of carbonyl (C=O) groups is 1. The third kappa shape index (κ3) is 5.39. The van der Waals surface area contributed by atoms with Crippen LogP contribution in [0, 0.1) is 0 Å². The minimum Gasteiger partial charge on any atom is -0.490 e. The van der Waals surface area contributed by atoms with Gasteiger partial charge in [-0.2, -0.15) is 0 Å². The van der Waals surface area contributed by atoms with Crippen molar-refractivity contribution in [2.24, 2.45) is 4.99 Å². The third-order valence-electron chi connectivity index (χ3n) is 6.11. The van der Waals surface area contributed by atoms with Crippen molar-refractivity contribution in [1.82, 2.24) is 4.57 Å². The van der Waals surface area contributed by atoms with E-state index < -0.39 is 12.0 Å². The molecule has 40 heavy (non-hydrogen) atoms. The molecule has 5 rings (SSSR count). The molecule has 0 fully saturated rings. The summed E-state index contributed by atoms with van der Waals surface area (Å²) in [6.07, 6.45) is 3.11. The predicted molar refractivity (Wildman–Crippen MR) is 157 cm³/mol. The fourth-order valence-electron chi connectivity index (χ4n) is 4.35. The van der Waals surface area contributed by atoms with Crippen LogP contribution in [0.3, 0.4) is 0 Å². The van der Waals surface area contributed by atoms with E-state index in [-0.39, 0.29) is 11.1 Å². The lowest BCUT2D eigenvalue weighted by Crippen LogP contribution is -2.39. The second-order valence-corrected chi connectivity index (χ2v) is 10.8. The normalized spacial score (nSPS) is 14.8. The van der Waals surface area contributed by atoms with Crippen molar-refractivity contribution < 1.29 is 23.4 Å². The summed E-state index contributed by atoms with van der Waals surface area (Å²) in [6.45, 7) is 4.64. The van der Waals surface area contributed by atoms with E-state index in [4.69, 9.17) is 30.2 Å². The van der Waals surface area contributed by atoms with Crippen molar-refractivity contribution in [2.75, 3.05) is 20.3 Å². The second kappa shape index (κ2) is 11.9. The third-order valence-corrected chi connectivity index (χ3v) is 8.34. The molecule has 206 valence electrons. The molecule has 0 aliphatic carbocycles.